The minimum absolute atomic E-state index is 0.0239. The zero-order valence-electron chi connectivity index (χ0n) is 14.4. The maximum absolute atomic E-state index is 14.2. The molecule has 148 valence electrons. The number of rotatable bonds is 4. The molecule has 1 aromatic carbocycles. The number of anilines is 1. The number of pyridine rings is 1. The molecule has 0 atom stereocenters. The van der Waals surface area contributed by atoms with Gasteiger partial charge in [0.05, 0.1) is 21.7 Å². The summed E-state index contributed by atoms with van der Waals surface area (Å²) in [5, 5.41) is 13.4. The molecule has 0 bridgehead atoms. The maximum Gasteiger partial charge on any atom is 0.343 e. The zero-order valence-corrected chi connectivity index (χ0v) is 16.8. The molecule has 0 amide bonds. The Hall–Kier alpha value is -3.25. The molecule has 0 fully saturated rings. The molecule has 0 saturated carbocycles. The van der Waals surface area contributed by atoms with Crippen LogP contribution in [0.4, 0.5) is 10.2 Å². The Morgan fingerprint density at radius 3 is 2.62 bits per heavy atom. The monoisotopic (exact) mass is 478 g/mol. The summed E-state index contributed by atoms with van der Waals surface area (Å²) in [5.41, 5.74) is 0.719. The van der Waals surface area contributed by atoms with Gasteiger partial charge in [-0.05, 0) is 40.2 Å². The van der Waals surface area contributed by atoms with Crippen LogP contribution in [-0.4, -0.2) is 33.0 Å². The predicted molar refractivity (Wildman–Crippen MR) is 106 cm³/mol. The number of fused-ring (bicyclic) bond motifs is 1. The first kappa shape index (κ1) is 19.1. The average molecular weight is 479 g/mol. The summed E-state index contributed by atoms with van der Waals surface area (Å²) in [6.07, 6.45) is 3.92. The summed E-state index contributed by atoms with van der Waals surface area (Å²) >= 11 is 3.30. The molecule has 0 aliphatic rings. The van der Waals surface area contributed by atoms with E-state index in [1.54, 1.807) is 12.1 Å². The summed E-state index contributed by atoms with van der Waals surface area (Å²) in [4.78, 5) is 4.37. The van der Waals surface area contributed by atoms with E-state index in [2.05, 4.69) is 35.1 Å². The molecular formula is C17H12BrFN6O3S. The highest BCUT2D eigenvalue weighted by molar-refractivity contribution is 9.10. The van der Waals surface area contributed by atoms with Crippen LogP contribution in [0.5, 0.6) is 0 Å². The van der Waals surface area contributed by atoms with E-state index >= 15 is 0 Å². The number of nitrogens with one attached hydrogen (secondary N) is 1. The molecule has 3 heterocycles. The van der Waals surface area contributed by atoms with Crippen LogP contribution in [0.3, 0.4) is 0 Å². The number of hydrogen-bond acceptors (Lipinski definition) is 5. The molecule has 29 heavy (non-hydrogen) atoms. The van der Waals surface area contributed by atoms with Crippen LogP contribution in [0.2, 0.25) is 0 Å². The highest BCUT2D eigenvalue weighted by Gasteiger charge is 2.17. The third-order valence-corrected chi connectivity index (χ3v) is 5.31. The summed E-state index contributed by atoms with van der Waals surface area (Å²) in [6.45, 7) is 0. The van der Waals surface area contributed by atoms with Crippen molar-refractivity contribution in [1.29, 1.82) is 0 Å². The van der Waals surface area contributed by atoms with E-state index in [0.717, 1.165) is 4.73 Å². The molecule has 0 radical (unpaired) electrons. The number of hydrogen-bond donors (Lipinski definition) is 2. The van der Waals surface area contributed by atoms with Gasteiger partial charge in [-0.1, -0.05) is 12.1 Å². The fourth-order valence-electron chi connectivity index (χ4n) is 2.58. The first-order valence-corrected chi connectivity index (χ1v) is 10.3. The quantitative estimate of drug-likeness (QED) is 0.437. The van der Waals surface area contributed by atoms with Gasteiger partial charge in [0.1, 0.15) is 11.6 Å². The van der Waals surface area contributed by atoms with Crippen molar-refractivity contribution in [2.45, 2.75) is 0 Å². The van der Waals surface area contributed by atoms with E-state index < -0.39 is 16.0 Å². The van der Waals surface area contributed by atoms with Crippen molar-refractivity contribution in [3.8, 4) is 11.3 Å². The lowest BCUT2D eigenvalue weighted by atomic mass is 10.1. The van der Waals surface area contributed by atoms with Gasteiger partial charge >= 0.3 is 10.2 Å². The standard InChI is InChI=1S/C17H12BrFN6O3S/c18-13-10-20-25-16(23-29(27,28)22-11-5-7-24(26)8-6-11)9-15(21-17(13)25)12-3-1-2-4-14(12)19/h1-10,23,26H. The number of halogens is 2. The van der Waals surface area contributed by atoms with E-state index in [1.165, 1.54) is 53.4 Å². The van der Waals surface area contributed by atoms with Crippen molar-refractivity contribution in [3.05, 3.63) is 76.7 Å². The molecule has 4 aromatic rings. The number of benzene rings is 1. The number of nitrogens with zero attached hydrogens (tertiary/aromatic N) is 5. The van der Waals surface area contributed by atoms with Crippen molar-refractivity contribution in [2.24, 2.45) is 4.40 Å². The van der Waals surface area contributed by atoms with E-state index in [1.807, 2.05) is 0 Å². The van der Waals surface area contributed by atoms with Crippen LogP contribution >= 0.6 is 15.9 Å². The fourth-order valence-corrected chi connectivity index (χ4v) is 3.78. The van der Waals surface area contributed by atoms with Crippen LogP contribution in [-0.2, 0) is 10.2 Å². The van der Waals surface area contributed by atoms with Crippen molar-refractivity contribution in [1.82, 2.24) is 19.3 Å². The zero-order chi connectivity index (χ0) is 20.6. The van der Waals surface area contributed by atoms with E-state index in [0.29, 0.717) is 10.1 Å². The molecule has 9 nitrogen and oxygen atoms in total. The maximum atomic E-state index is 14.2. The predicted octanol–water partition coefficient (Wildman–Crippen LogP) is 2.59. The lowest BCUT2D eigenvalue weighted by Crippen LogP contribution is -2.17. The Kier molecular flexibility index (Phi) is 4.80. The second kappa shape index (κ2) is 7.29. The molecule has 0 aliphatic heterocycles. The summed E-state index contributed by atoms with van der Waals surface area (Å²) in [6, 6.07) is 10.0. The Balaban J connectivity index is 1.84. The molecular weight excluding hydrogens is 467 g/mol. The molecule has 0 unspecified atom stereocenters. The lowest BCUT2D eigenvalue weighted by molar-refractivity contribution is 0.184. The van der Waals surface area contributed by atoms with Crippen molar-refractivity contribution >= 4 is 37.6 Å². The van der Waals surface area contributed by atoms with Crippen molar-refractivity contribution in [2.75, 3.05) is 4.72 Å². The molecule has 3 aromatic heterocycles. The van der Waals surface area contributed by atoms with Gasteiger partial charge in [-0.2, -0.15) is 18.0 Å². The lowest BCUT2D eigenvalue weighted by Gasteiger charge is -2.10. The Bertz CT molecular complexity index is 1380. The van der Waals surface area contributed by atoms with Crippen LogP contribution in [0.25, 0.3) is 16.9 Å². The molecule has 2 N–H and O–H groups in total. The van der Waals surface area contributed by atoms with Gasteiger partial charge in [0.15, 0.2) is 5.65 Å². The Labute approximate surface area is 172 Å². The van der Waals surface area contributed by atoms with Crippen molar-refractivity contribution in [3.63, 3.8) is 0 Å². The Morgan fingerprint density at radius 1 is 1.17 bits per heavy atom. The van der Waals surface area contributed by atoms with Gasteiger partial charge in [0.2, 0.25) is 0 Å². The van der Waals surface area contributed by atoms with Crippen LogP contribution in [0.15, 0.2) is 69.9 Å². The highest BCUT2D eigenvalue weighted by atomic mass is 79.9. The van der Waals surface area contributed by atoms with Crippen LogP contribution in [0, 0.1) is 5.82 Å². The van der Waals surface area contributed by atoms with E-state index in [4.69, 9.17) is 0 Å². The number of aromatic nitrogens is 4. The Morgan fingerprint density at radius 2 is 1.90 bits per heavy atom. The van der Waals surface area contributed by atoms with E-state index in [-0.39, 0.29) is 22.4 Å². The molecule has 0 aliphatic carbocycles. The minimum atomic E-state index is -4.21. The first-order chi connectivity index (χ1) is 13.8. The fraction of sp³-hybridized carbons (Fsp3) is 0. The molecule has 12 heteroatoms. The third-order valence-electron chi connectivity index (χ3n) is 3.83. The normalized spacial score (nSPS) is 11.5. The van der Waals surface area contributed by atoms with Gasteiger partial charge < -0.3 is 5.21 Å². The smallest absolute Gasteiger partial charge is 0.343 e. The van der Waals surface area contributed by atoms with Gasteiger partial charge in [0.25, 0.3) is 0 Å². The summed E-state index contributed by atoms with van der Waals surface area (Å²) < 4.78 is 47.8. The topological polar surface area (TPSA) is 114 Å². The minimum Gasteiger partial charge on any atom is -0.429 e. The van der Waals surface area contributed by atoms with Gasteiger partial charge in [-0.25, -0.2) is 18.8 Å². The molecule has 0 saturated heterocycles. The second-order valence-corrected chi connectivity index (χ2v) is 8.03. The van der Waals surface area contributed by atoms with Gasteiger partial charge in [-0.15, -0.1) is 4.40 Å². The van der Waals surface area contributed by atoms with Gasteiger partial charge in [0, 0.05) is 24.0 Å². The average Bonchev–Trinajstić information content (AvgIpc) is 3.05. The second-order valence-electron chi connectivity index (χ2n) is 5.84. The largest absolute Gasteiger partial charge is 0.429 e. The molecule has 4 rings (SSSR count). The van der Waals surface area contributed by atoms with Crippen LogP contribution < -0.4 is 10.1 Å². The van der Waals surface area contributed by atoms with Gasteiger partial charge in [-0.3, -0.25) is 0 Å². The SMILES string of the molecule is O=S(=O)(N=c1ccn(O)cc1)Nc1cc(-c2ccccc2F)nc2c(Br)cnn12. The highest BCUT2D eigenvalue weighted by Crippen LogP contribution is 2.27. The molecule has 0 spiro atoms. The first-order valence-electron chi connectivity index (χ1n) is 8.08. The third kappa shape index (κ3) is 3.98. The summed E-state index contributed by atoms with van der Waals surface area (Å²) in [5.74, 6) is -0.476. The summed E-state index contributed by atoms with van der Waals surface area (Å²) in [7, 11) is -4.21. The van der Waals surface area contributed by atoms with E-state index in [9.17, 15) is 18.0 Å². The van der Waals surface area contributed by atoms with Crippen LogP contribution in [0.1, 0.15) is 0 Å². The van der Waals surface area contributed by atoms with Crippen molar-refractivity contribution < 1.29 is 18.0 Å².